The van der Waals surface area contributed by atoms with Gasteiger partial charge in [-0.25, -0.2) is 9.78 Å². The largest absolute Gasteiger partial charge is 0.465 e. The number of hydrogen-bond acceptors (Lipinski definition) is 6. The van der Waals surface area contributed by atoms with E-state index in [1.54, 1.807) is 13.1 Å². The van der Waals surface area contributed by atoms with Crippen molar-refractivity contribution in [2.45, 2.75) is 19.4 Å². The Bertz CT molecular complexity index is 476. The molecule has 2 heterocycles. The van der Waals surface area contributed by atoms with Crippen LogP contribution in [0.3, 0.4) is 0 Å². The highest BCUT2D eigenvalue weighted by Gasteiger charge is 2.29. The number of carbonyl (C=O) groups excluding carboxylic acids is 1. The van der Waals surface area contributed by atoms with Gasteiger partial charge in [-0.15, -0.1) is 0 Å². The predicted octanol–water partition coefficient (Wildman–Crippen LogP) is 0.657. The van der Waals surface area contributed by atoms with Crippen molar-refractivity contribution in [2.75, 3.05) is 30.8 Å². The number of pyridine rings is 1. The molecule has 2 rings (SSSR count). The number of ether oxygens (including phenoxy) is 1. The Morgan fingerprint density at radius 2 is 2.42 bits per heavy atom. The summed E-state index contributed by atoms with van der Waals surface area (Å²) in [7, 11) is 1.34. The SMILES string of the molecule is COC(=O)c1cc(N)ncc1N1CCC(C(C)O)C1. The Hall–Kier alpha value is -1.82. The van der Waals surface area contributed by atoms with E-state index in [-0.39, 0.29) is 17.8 Å². The van der Waals surface area contributed by atoms with Gasteiger partial charge in [-0.2, -0.15) is 0 Å². The summed E-state index contributed by atoms with van der Waals surface area (Å²) in [4.78, 5) is 17.9. The minimum absolute atomic E-state index is 0.211. The number of nitrogens with zero attached hydrogens (tertiary/aromatic N) is 2. The van der Waals surface area contributed by atoms with Gasteiger partial charge < -0.3 is 20.5 Å². The van der Waals surface area contributed by atoms with Crippen molar-refractivity contribution in [1.29, 1.82) is 0 Å². The number of aliphatic hydroxyl groups is 1. The predicted molar refractivity (Wildman–Crippen MR) is 72.0 cm³/mol. The standard InChI is InChI=1S/C13H19N3O3/c1-8(17)9-3-4-16(7-9)11-6-15-12(14)5-10(11)13(18)19-2/h5-6,8-9,17H,3-4,7H2,1-2H3,(H2,14,15). The summed E-state index contributed by atoms with van der Waals surface area (Å²) in [5.41, 5.74) is 6.75. The molecule has 2 atom stereocenters. The highest BCUT2D eigenvalue weighted by Crippen LogP contribution is 2.29. The third-order valence-electron chi connectivity index (χ3n) is 3.56. The molecule has 6 heteroatoms. The first-order chi connectivity index (χ1) is 9.02. The molecule has 0 aliphatic carbocycles. The molecule has 0 radical (unpaired) electrons. The molecule has 1 aromatic rings. The number of anilines is 2. The van der Waals surface area contributed by atoms with Crippen LogP contribution in [0, 0.1) is 5.92 Å². The molecule has 0 bridgehead atoms. The smallest absolute Gasteiger partial charge is 0.340 e. The van der Waals surface area contributed by atoms with Crippen LogP contribution in [-0.4, -0.2) is 42.4 Å². The van der Waals surface area contributed by atoms with Crippen molar-refractivity contribution >= 4 is 17.5 Å². The monoisotopic (exact) mass is 265 g/mol. The summed E-state index contributed by atoms with van der Waals surface area (Å²) in [6.07, 6.45) is 2.13. The number of nitrogens with two attached hydrogens (primary N) is 1. The van der Waals surface area contributed by atoms with Crippen molar-refractivity contribution in [1.82, 2.24) is 4.98 Å². The summed E-state index contributed by atoms with van der Waals surface area (Å²) < 4.78 is 4.77. The Balaban J connectivity index is 2.28. The highest BCUT2D eigenvalue weighted by molar-refractivity contribution is 5.96. The van der Waals surface area contributed by atoms with Gasteiger partial charge in [0.25, 0.3) is 0 Å². The summed E-state index contributed by atoms with van der Waals surface area (Å²) in [6, 6.07) is 1.52. The molecule has 6 nitrogen and oxygen atoms in total. The minimum atomic E-state index is -0.426. The van der Waals surface area contributed by atoms with Crippen molar-refractivity contribution in [3.8, 4) is 0 Å². The molecule has 0 spiro atoms. The normalized spacial score (nSPS) is 20.4. The van der Waals surface area contributed by atoms with Gasteiger partial charge in [0, 0.05) is 19.0 Å². The van der Waals surface area contributed by atoms with Crippen molar-refractivity contribution in [3.05, 3.63) is 17.8 Å². The second kappa shape index (κ2) is 5.44. The van der Waals surface area contributed by atoms with Crippen LogP contribution >= 0.6 is 0 Å². The average Bonchev–Trinajstić information content (AvgIpc) is 2.87. The van der Waals surface area contributed by atoms with E-state index >= 15 is 0 Å². The van der Waals surface area contributed by atoms with Gasteiger partial charge in [0.15, 0.2) is 0 Å². The van der Waals surface area contributed by atoms with Gasteiger partial charge in [-0.05, 0) is 19.4 Å². The van der Waals surface area contributed by atoms with Gasteiger partial charge in [-0.1, -0.05) is 0 Å². The molecular weight excluding hydrogens is 246 g/mol. The number of rotatable bonds is 3. The first-order valence-electron chi connectivity index (χ1n) is 6.29. The van der Waals surface area contributed by atoms with Crippen LogP contribution < -0.4 is 10.6 Å². The number of nitrogen functional groups attached to an aromatic ring is 1. The Morgan fingerprint density at radius 3 is 3.00 bits per heavy atom. The molecule has 0 aromatic carbocycles. The van der Waals surface area contributed by atoms with E-state index in [1.807, 2.05) is 4.90 Å². The van der Waals surface area contributed by atoms with E-state index < -0.39 is 5.97 Å². The zero-order valence-corrected chi connectivity index (χ0v) is 11.2. The van der Waals surface area contributed by atoms with Gasteiger partial charge in [0.05, 0.1) is 30.7 Å². The molecular formula is C13H19N3O3. The fraction of sp³-hybridized carbons (Fsp3) is 0.538. The molecule has 2 unspecified atom stereocenters. The molecule has 0 saturated carbocycles. The maximum absolute atomic E-state index is 11.8. The first-order valence-corrected chi connectivity index (χ1v) is 6.29. The lowest BCUT2D eigenvalue weighted by Crippen LogP contribution is -2.25. The Labute approximate surface area is 112 Å². The minimum Gasteiger partial charge on any atom is -0.465 e. The third kappa shape index (κ3) is 2.78. The van der Waals surface area contributed by atoms with Crippen LogP contribution in [-0.2, 0) is 4.74 Å². The summed E-state index contributed by atoms with van der Waals surface area (Å²) in [6.45, 7) is 3.27. The number of carbonyl (C=O) groups is 1. The molecule has 1 aliphatic rings. The summed E-state index contributed by atoms with van der Waals surface area (Å²) in [5, 5.41) is 9.63. The molecule has 1 aliphatic heterocycles. The summed E-state index contributed by atoms with van der Waals surface area (Å²) >= 11 is 0. The molecule has 1 aromatic heterocycles. The fourth-order valence-corrected chi connectivity index (χ4v) is 2.39. The number of esters is 1. The Kier molecular flexibility index (Phi) is 3.90. The van der Waals surface area contributed by atoms with Crippen molar-refractivity contribution in [3.63, 3.8) is 0 Å². The quantitative estimate of drug-likeness (QED) is 0.780. The van der Waals surface area contributed by atoms with Gasteiger partial charge in [0.2, 0.25) is 0 Å². The van der Waals surface area contributed by atoms with Crippen LogP contribution in [0.4, 0.5) is 11.5 Å². The first kappa shape index (κ1) is 13.6. The van der Waals surface area contributed by atoms with Crippen molar-refractivity contribution in [2.24, 2.45) is 5.92 Å². The maximum atomic E-state index is 11.8. The Morgan fingerprint density at radius 1 is 1.68 bits per heavy atom. The van der Waals surface area contributed by atoms with Crippen LogP contribution in [0.1, 0.15) is 23.7 Å². The van der Waals surface area contributed by atoms with Crippen LogP contribution in [0.2, 0.25) is 0 Å². The van der Waals surface area contributed by atoms with E-state index in [4.69, 9.17) is 10.5 Å². The number of methoxy groups -OCH3 is 1. The molecule has 19 heavy (non-hydrogen) atoms. The lowest BCUT2D eigenvalue weighted by atomic mass is 10.0. The molecule has 0 amide bonds. The van der Waals surface area contributed by atoms with E-state index in [9.17, 15) is 9.90 Å². The molecule has 1 saturated heterocycles. The number of aromatic nitrogens is 1. The van der Waals surface area contributed by atoms with E-state index in [1.165, 1.54) is 13.2 Å². The zero-order valence-electron chi connectivity index (χ0n) is 11.2. The molecule has 3 N–H and O–H groups in total. The fourth-order valence-electron chi connectivity index (χ4n) is 2.39. The van der Waals surface area contributed by atoms with Crippen LogP contribution in [0.25, 0.3) is 0 Å². The van der Waals surface area contributed by atoms with Crippen LogP contribution in [0.15, 0.2) is 12.3 Å². The van der Waals surface area contributed by atoms with Gasteiger partial charge in [0.1, 0.15) is 5.82 Å². The van der Waals surface area contributed by atoms with Gasteiger partial charge in [-0.3, -0.25) is 0 Å². The second-order valence-electron chi connectivity index (χ2n) is 4.85. The molecule has 1 fully saturated rings. The summed E-state index contributed by atoms with van der Waals surface area (Å²) in [5.74, 6) is 0.0723. The average molecular weight is 265 g/mol. The molecule has 104 valence electrons. The number of aliphatic hydroxyl groups excluding tert-OH is 1. The van der Waals surface area contributed by atoms with Crippen molar-refractivity contribution < 1.29 is 14.6 Å². The van der Waals surface area contributed by atoms with E-state index in [2.05, 4.69) is 4.98 Å². The van der Waals surface area contributed by atoms with Crippen LogP contribution in [0.5, 0.6) is 0 Å². The third-order valence-corrected chi connectivity index (χ3v) is 3.56. The van der Waals surface area contributed by atoms with E-state index in [0.29, 0.717) is 17.8 Å². The lowest BCUT2D eigenvalue weighted by molar-refractivity contribution is 0.0601. The maximum Gasteiger partial charge on any atom is 0.340 e. The highest BCUT2D eigenvalue weighted by atomic mass is 16.5. The van der Waals surface area contributed by atoms with Gasteiger partial charge >= 0.3 is 5.97 Å². The van der Waals surface area contributed by atoms with E-state index in [0.717, 1.165) is 13.0 Å². The second-order valence-corrected chi connectivity index (χ2v) is 4.85. The number of hydrogen-bond donors (Lipinski definition) is 2. The zero-order chi connectivity index (χ0) is 14.0. The lowest BCUT2D eigenvalue weighted by Gasteiger charge is -2.21. The topological polar surface area (TPSA) is 88.7 Å².